The molecule has 9 heteroatoms. The Morgan fingerprint density at radius 3 is 2.45 bits per heavy atom. The number of nitrogens with two attached hydrogens (primary N) is 1. The summed E-state index contributed by atoms with van der Waals surface area (Å²) in [6.07, 6.45) is 3.80. The molecule has 1 aliphatic heterocycles. The number of ether oxygens (including phenoxy) is 1. The van der Waals surface area contributed by atoms with Crippen molar-refractivity contribution in [3.8, 4) is 5.75 Å². The molecule has 0 aliphatic carbocycles. The van der Waals surface area contributed by atoms with Gasteiger partial charge in [-0.1, -0.05) is 12.1 Å². The van der Waals surface area contributed by atoms with Crippen molar-refractivity contribution in [3.63, 3.8) is 0 Å². The Bertz CT molecular complexity index is 736. The first kappa shape index (κ1) is 25.0. The third-order valence-electron chi connectivity index (χ3n) is 5.51. The van der Waals surface area contributed by atoms with Gasteiger partial charge >= 0.3 is 0 Å². The number of hydrogen-bond donors (Lipinski definition) is 3. The lowest BCUT2D eigenvalue weighted by atomic mass is 9.95. The summed E-state index contributed by atoms with van der Waals surface area (Å²) in [6.45, 7) is 3.08. The van der Waals surface area contributed by atoms with Gasteiger partial charge < -0.3 is 26.0 Å². The highest BCUT2D eigenvalue weighted by atomic mass is 32.2. The van der Waals surface area contributed by atoms with Crippen LogP contribution in [0.2, 0.25) is 0 Å². The molecule has 0 bridgehead atoms. The number of methoxy groups -OCH3 is 1. The van der Waals surface area contributed by atoms with Crippen molar-refractivity contribution in [1.29, 1.82) is 0 Å². The maximum Gasteiger partial charge on any atom is 0.242 e. The number of nitrogens with zero attached hydrogens (tertiary/aromatic N) is 1. The summed E-state index contributed by atoms with van der Waals surface area (Å²) in [4.78, 5) is 39.1. The molecule has 1 aromatic carbocycles. The second kappa shape index (κ2) is 12.6. The van der Waals surface area contributed by atoms with E-state index in [1.54, 1.807) is 30.7 Å². The Morgan fingerprint density at radius 2 is 1.87 bits per heavy atom. The summed E-state index contributed by atoms with van der Waals surface area (Å²) in [5.41, 5.74) is 6.92. The van der Waals surface area contributed by atoms with Gasteiger partial charge in [0.25, 0.3) is 0 Å². The number of rotatable bonds is 10. The minimum atomic E-state index is -0.634. The second-order valence-electron chi connectivity index (χ2n) is 7.78. The molecule has 8 nitrogen and oxygen atoms in total. The molecule has 1 aromatic rings. The SMILES string of the molecule is COc1ccc(CNC(=O)[C@@H](C)NC(=O)C2CCN(C(=O)[C@@H](N)CCSC)CC2)cc1. The summed E-state index contributed by atoms with van der Waals surface area (Å²) >= 11 is 1.67. The highest BCUT2D eigenvalue weighted by molar-refractivity contribution is 7.98. The van der Waals surface area contributed by atoms with E-state index >= 15 is 0 Å². The Hall–Kier alpha value is -2.26. The van der Waals surface area contributed by atoms with E-state index in [0.29, 0.717) is 38.9 Å². The molecule has 3 amide bonds. The van der Waals surface area contributed by atoms with E-state index < -0.39 is 12.1 Å². The molecule has 1 fully saturated rings. The Balaban J connectivity index is 1.73. The fourth-order valence-corrected chi connectivity index (χ4v) is 3.94. The van der Waals surface area contributed by atoms with Gasteiger partial charge in [-0.2, -0.15) is 11.8 Å². The van der Waals surface area contributed by atoms with E-state index in [2.05, 4.69) is 10.6 Å². The van der Waals surface area contributed by atoms with Crippen LogP contribution >= 0.6 is 11.8 Å². The minimum Gasteiger partial charge on any atom is -0.497 e. The molecule has 2 rings (SSSR count). The number of amides is 3. The van der Waals surface area contributed by atoms with Crippen LogP contribution in [-0.4, -0.2) is 66.9 Å². The molecular formula is C22H34N4O4S. The molecular weight excluding hydrogens is 416 g/mol. The molecule has 1 heterocycles. The zero-order valence-corrected chi connectivity index (χ0v) is 19.4. The van der Waals surface area contributed by atoms with Crippen molar-refractivity contribution in [2.45, 2.75) is 44.8 Å². The average molecular weight is 451 g/mol. The molecule has 0 saturated carbocycles. The van der Waals surface area contributed by atoms with Gasteiger partial charge in [-0.05, 0) is 55.9 Å². The van der Waals surface area contributed by atoms with Crippen LogP contribution in [0.25, 0.3) is 0 Å². The summed E-state index contributed by atoms with van der Waals surface area (Å²) in [6, 6.07) is 6.31. The molecule has 1 aliphatic rings. The number of nitrogens with one attached hydrogen (secondary N) is 2. The van der Waals surface area contributed by atoms with Crippen molar-refractivity contribution < 1.29 is 19.1 Å². The fourth-order valence-electron chi connectivity index (χ4n) is 3.45. The number of likely N-dealkylation sites (tertiary alicyclic amines) is 1. The number of thioether (sulfide) groups is 1. The van der Waals surface area contributed by atoms with Gasteiger partial charge in [0.05, 0.1) is 13.2 Å². The first-order valence-electron chi connectivity index (χ1n) is 10.6. The van der Waals surface area contributed by atoms with E-state index in [1.165, 1.54) is 0 Å². The Labute approximate surface area is 188 Å². The molecule has 0 radical (unpaired) electrons. The zero-order valence-electron chi connectivity index (χ0n) is 18.6. The average Bonchev–Trinajstić information content (AvgIpc) is 2.80. The quantitative estimate of drug-likeness (QED) is 0.493. The molecule has 31 heavy (non-hydrogen) atoms. The number of carbonyl (C=O) groups is 3. The number of benzene rings is 1. The van der Waals surface area contributed by atoms with Crippen LogP contribution in [-0.2, 0) is 20.9 Å². The molecule has 4 N–H and O–H groups in total. The summed E-state index contributed by atoms with van der Waals surface area (Å²) in [5.74, 6) is 0.972. The van der Waals surface area contributed by atoms with Crippen molar-refractivity contribution >= 4 is 29.5 Å². The van der Waals surface area contributed by atoms with Gasteiger partial charge in [0, 0.05) is 25.6 Å². The predicted molar refractivity (Wildman–Crippen MR) is 123 cm³/mol. The summed E-state index contributed by atoms with van der Waals surface area (Å²) < 4.78 is 5.12. The minimum absolute atomic E-state index is 0.0424. The molecule has 0 spiro atoms. The highest BCUT2D eigenvalue weighted by Crippen LogP contribution is 2.19. The number of piperidine rings is 1. The van der Waals surface area contributed by atoms with E-state index in [9.17, 15) is 14.4 Å². The third-order valence-corrected chi connectivity index (χ3v) is 6.15. The zero-order chi connectivity index (χ0) is 22.8. The first-order valence-corrected chi connectivity index (χ1v) is 12.0. The third kappa shape index (κ3) is 7.74. The molecule has 2 atom stereocenters. The molecule has 1 saturated heterocycles. The van der Waals surface area contributed by atoms with Crippen LogP contribution in [0, 0.1) is 5.92 Å². The van der Waals surface area contributed by atoms with Crippen molar-refractivity contribution in [1.82, 2.24) is 15.5 Å². The lowest BCUT2D eigenvalue weighted by molar-refractivity contribution is -0.137. The van der Waals surface area contributed by atoms with Gasteiger partial charge in [-0.15, -0.1) is 0 Å². The normalized spacial score (nSPS) is 16.3. The summed E-state index contributed by atoms with van der Waals surface area (Å²) in [7, 11) is 1.60. The second-order valence-corrected chi connectivity index (χ2v) is 8.77. The largest absolute Gasteiger partial charge is 0.497 e. The lowest BCUT2D eigenvalue weighted by Gasteiger charge is -2.33. The van der Waals surface area contributed by atoms with Crippen LogP contribution in [0.15, 0.2) is 24.3 Å². The maximum atomic E-state index is 12.6. The van der Waals surface area contributed by atoms with E-state index in [1.807, 2.05) is 30.5 Å². The van der Waals surface area contributed by atoms with Gasteiger partial charge in [-0.3, -0.25) is 14.4 Å². The fraction of sp³-hybridized carbons (Fsp3) is 0.591. The van der Waals surface area contributed by atoms with Crippen LogP contribution in [0.4, 0.5) is 0 Å². The van der Waals surface area contributed by atoms with Gasteiger partial charge in [0.1, 0.15) is 11.8 Å². The molecule has 0 unspecified atom stereocenters. The topological polar surface area (TPSA) is 114 Å². The van der Waals surface area contributed by atoms with Crippen molar-refractivity contribution in [2.24, 2.45) is 11.7 Å². The highest BCUT2D eigenvalue weighted by Gasteiger charge is 2.30. The first-order chi connectivity index (χ1) is 14.8. The van der Waals surface area contributed by atoms with Gasteiger partial charge in [-0.25, -0.2) is 0 Å². The Kier molecular flexibility index (Phi) is 10.1. The van der Waals surface area contributed by atoms with E-state index in [-0.39, 0.29) is 23.6 Å². The van der Waals surface area contributed by atoms with E-state index in [4.69, 9.17) is 10.5 Å². The monoisotopic (exact) mass is 450 g/mol. The Morgan fingerprint density at radius 1 is 1.23 bits per heavy atom. The summed E-state index contributed by atoms with van der Waals surface area (Å²) in [5, 5.41) is 5.63. The molecule has 172 valence electrons. The standard InChI is InChI=1S/C22H34N4O4S/c1-15(20(27)24-14-16-4-6-18(30-2)7-5-16)25-21(28)17-8-11-26(12-9-17)22(29)19(23)10-13-31-3/h4-7,15,17,19H,8-14,23H2,1-3H3,(H,24,27)(H,25,28)/t15-,19+/m1/s1. The molecule has 0 aromatic heterocycles. The van der Waals surface area contributed by atoms with Crippen LogP contribution in [0.3, 0.4) is 0 Å². The smallest absolute Gasteiger partial charge is 0.242 e. The van der Waals surface area contributed by atoms with Gasteiger partial charge in [0.15, 0.2) is 0 Å². The number of hydrogen-bond acceptors (Lipinski definition) is 6. The number of carbonyl (C=O) groups excluding carboxylic acids is 3. The van der Waals surface area contributed by atoms with E-state index in [0.717, 1.165) is 17.1 Å². The lowest BCUT2D eigenvalue weighted by Crippen LogP contribution is -2.51. The van der Waals surface area contributed by atoms with Crippen molar-refractivity contribution in [3.05, 3.63) is 29.8 Å². The van der Waals surface area contributed by atoms with Crippen LogP contribution in [0.5, 0.6) is 5.75 Å². The predicted octanol–water partition coefficient (Wildman–Crippen LogP) is 1.14. The van der Waals surface area contributed by atoms with Gasteiger partial charge in [0.2, 0.25) is 17.7 Å². The van der Waals surface area contributed by atoms with Crippen LogP contribution in [0.1, 0.15) is 31.7 Å². The van der Waals surface area contributed by atoms with Crippen molar-refractivity contribution in [2.75, 3.05) is 32.2 Å². The van der Waals surface area contributed by atoms with Crippen LogP contribution < -0.4 is 21.1 Å². The maximum absolute atomic E-state index is 12.6.